The lowest BCUT2D eigenvalue weighted by Crippen LogP contribution is -2.14. The van der Waals surface area contributed by atoms with Gasteiger partial charge in [-0.2, -0.15) is 0 Å². The van der Waals surface area contributed by atoms with E-state index in [9.17, 15) is 4.79 Å². The summed E-state index contributed by atoms with van der Waals surface area (Å²) in [5, 5.41) is 14.0. The maximum absolute atomic E-state index is 12.1. The van der Waals surface area contributed by atoms with Gasteiger partial charge in [0.05, 0.1) is 19.8 Å². The summed E-state index contributed by atoms with van der Waals surface area (Å²) >= 11 is 0. The first-order valence-corrected chi connectivity index (χ1v) is 8.69. The molecule has 0 spiro atoms. The Balaban J connectivity index is 1.51. The SMILES string of the molecule is COc1ccc(CCNc2ccc(NC(=O)c3cccnc3)nn2)cc1OC. The number of methoxy groups -OCH3 is 2. The molecule has 0 aliphatic carbocycles. The normalized spacial score (nSPS) is 10.2. The Bertz CT molecular complexity index is 917. The monoisotopic (exact) mass is 379 g/mol. The highest BCUT2D eigenvalue weighted by Crippen LogP contribution is 2.27. The quantitative estimate of drug-likeness (QED) is 0.621. The van der Waals surface area contributed by atoms with Gasteiger partial charge in [0, 0.05) is 18.9 Å². The standard InChI is InChI=1S/C20H21N5O3/c1-27-16-6-5-14(12-17(16)28-2)9-11-22-18-7-8-19(25-24-18)23-20(26)15-4-3-10-21-13-15/h3-8,10,12-13H,9,11H2,1-2H3,(H,22,24)(H,23,25,26). The number of hydrogen-bond donors (Lipinski definition) is 2. The Morgan fingerprint density at radius 3 is 2.46 bits per heavy atom. The molecule has 28 heavy (non-hydrogen) atoms. The van der Waals surface area contributed by atoms with Gasteiger partial charge in [-0.3, -0.25) is 9.78 Å². The van der Waals surface area contributed by atoms with Gasteiger partial charge in [0.2, 0.25) is 0 Å². The van der Waals surface area contributed by atoms with Crippen LogP contribution in [0.1, 0.15) is 15.9 Å². The molecule has 1 amide bonds. The third-order valence-corrected chi connectivity index (χ3v) is 4.00. The molecule has 0 aliphatic rings. The molecule has 0 bridgehead atoms. The maximum atomic E-state index is 12.1. The first-order valence-electron chi connectivity index (χ1n) is 8.69. The molecule has 8 heteroatoms. The number of aromatic nitrogens is 3. The summed E-state index contributed by atoms with van der Waals surface area (Å²) in [6.07, 6.45) is 3.88. The van der Waals surface area contributed by atoms with Crippen molar-refractivity contribution in [1.82, 2.24) is 15.2 Å². The zero-order chi connectivity index (χ0) is 19.8. The fourth-order valence-electron chi connectivity index (χ4n) is 2.55. The van der Waals surface area contributed by atoms with Crippen molar-refractivity contribution in [2.45, 2.75) is 6.42 Å². The summed E-state index contributed by atoms with van der Waals surface area (Å²) in [7, 11) is 3.23. The Morgan fingerprint density at radius 2 is 1.79 bits per heavy atom. The van der Waals surface area contributed by atoms with Crippen molar-refractivity contribution in [3.05, 3.63) is 66.0 Å². The fourth-order valence-corrected chi connectivity index (χ4v) is 2.55. The van der Waals surface area contributed by atoms with E-state index >= 15 is 0 Å². The molecule has 0 saturated carbocycles. The summed E-state index contributed by atoms with van der Waals surface area (Å²) in [5.74, 6) is 2.12. The Kier molecular flexibility index (Phi) is 6.35. The van der Waals surface area contributed by atoms with Crippen molar-refractivity contribution in [2.75, 3.05) is 31.4 Å². The molecular weight excluding hydrogens is 358 g/mol. The van der Waals surface area contributed by atoms with E-state index in [1.54, 1.807) is 44.7 Å². The number of benzene rings is 1. The van der Waals surface area contributed by atoms with Crippen molar-refractivity contribution in [3.8, 4) is 11.5 Å². The van der Waals surface area contributed by atoms with Crippen molar-refractivity contribution < 1.29 is 14.3 Å². The Labute approximate surface area is 162 Å². The lowest BCUT2D eigenvalue weighted by Gasteiger charge is -2.10. The molecule has 1 aromatic carbocycles. The van der Waals surface area contributed by atoms with Gasteiger partial charge in [-0.15, -0.1) is 10.2 Å². The number of pyridine rings is 1. The smallest absolute Gasteiger partial charge is 0.258 e. The van der Waals surface area contributed by atoms with Gasteiger partial charge in [-0.1, -0.05) is 6.07 Å². The van der Waals surface area contributed by atoms with Gasteiger partial charge < -0.3 is 20.1 Å². The maximum Gasteiger partial charge on any atom is 0.258 e. The van der Waals surface area contributed by atoms with Gasteiger partial charge in [-0.05, 0) is 48.4 Å². The number of carbonyl (C=O) groups excluding carboxylic acids is 1. The van der Waals surface area contributed by atoms with Crippen LogP contribution in [0.4, 0.5) is 11.6 Å². The van der Waals surface area contributed by atoms with E-state index in [4.69, 9.17) is 9.47 Å². The average Bonchev–Trinajstić information content (AvgIpc) is 2.75. The molecule has 2 heterocycles. The zero-order valence-electron chi connectivity index (χ0n) is 15.7. The van der Waals surface area contributed by atoms with Crippen LogP contribution in [0.2, 0.25) is 0 Å². The Hall–Kier alpha value is -3.68. The first-order chi connectivity index (χ1) is 13.7. The van der Waals surface area contributed by atoms with E-state index in [0.29, 0.717) is 35.2 Å². The average molecular weight is 379 g/mol. The highest BCUT2D eigenvalue weighted by molar-refractivity contribution is 6.03. The number of carbonyl (C=O) groups is 1. The van der Waals surface area contributed by atoms with Crippen LogP contribution in [0.3, 0.4) is 0 Å². The largest absolute Gasteiger partial charge is 0.493 e. The molecule has 3 rings (SSSR count). The Morgan fingerprint density at radius 1 is 1.00 bits per heavy atom. The van der Waals surface area contributed by atoms with Crippen molar-refractivity contribution in [3.63, 3.8) is 0 Å². The van der Waals surface area contributed by atoms with Crippen LogP contribution in [0.5, 0.6) is 11.5 Å². The molecule has 8 nitrogen and oxygen atoms in total. The van der Waals surface area contributed by atoms with Gasteiger partial charge in [0.1, 0.15) is 5.82 Å². The summed E-state index contributed by atoms with van der Waals surface area (Å²) in [4.78, 5) is 16.0. The van der Waals surface area contributed by atoms with Crippen molar-refractivity contribution in [1.29, 1.82) is 0 Å². The molecule has 2 aromatic heterocycles. The fraction of sp³-hybridized carbons (Fsp3) is 0.200. The number of nitrogens with one attached hydrogen (secondary N) is 2. The molecule has 0 saturated heterocycles. The van der Waals surface area contributed by atoms with Gasteiger partial charge in [-0.25, -0.2) is 0 Å². The molecule has 0 fully saturated rings. The van der Waals surface area contributed by atoms with Crippen LogP contribution in [0.25, 0.3) is 0 Å². The summed E-state index contributed by atoms with van der Waals surface area (Å²) in [6.45, 7) is 0.672. The van der Waals surface area contributed by atoms with Crippen LogP contribution in [0.15, 0.2) is 54.9 Å². The minimum absolute atomic E-state index is 0.281. The number of amides is 1. The lowest BCUT2D eigenvalue weighted by molar-refractivity contribution is 0.102. The summed E-state index contributed by atoms with van der Waals surface area (Å²) in [5.41, 5.74) is 1.57. The molecule has 2 N–H and O–H groups in total. The van der Waals surface area contributed by atoms with Crippen LogP contribution >= 0.6 is 0 Å². The van der Waals surface area contributed by atoms with Crippen LogP contribution in [0, 0.1) is 0 Å². The van der Waals surface area contributed by atoms with Gasteiger partial charge >= 0.3 is 0 Å². The van der Waals surface area contributed by atoms with Crippen LogP contribution < -0.4 is 20.1 Å². The van der Waals surface area contributed by atoms with E-state index in [1.165, 1.54) is 6.20 Å². The molecule has 0 atom stereocenters. The summed E-state index contributed by atoms with van der Waals surface area (Å²) < 4.78 is 10.6. The second kappa shape index (κ2) is 9.31. The topological polar surface area (TPSA) is 98.3 Å². The minimum atomic E-state index is -0.281. The van der Waals surface area contributed by atoms with Crippen molar-refractivity contribution >= 4 is 17.5 Å². The van der Waals surface area contributed by atoms with Gasteiger partial charge in [0.25, 0.3) is 5.91 Å². The molecular formula is C20H21N5O3. The lowest BCUT2D eigenvalue weighted by atomic mass is 10.1. The molecule has 0 aliphatic heterocycles. The van der Waals surface area contributed by atoms with E-state index in [2.05, 4.69) is 25.8 Å². The third kappa shape index (κ3) is 4.94. The highest BCUT2D eigenvalue weighted by Gasteiger charge is 2.07. The van der Waals surface area contributed by atoms with Crippen molar-refractivity contribution in [2.24, 2.45) is 0 Å². The van der Waals surface area contributed by atoms with E-state index < -0.39 is 0 Å². The summed E-state index contributed by atoms with van der Waals surface area (Å²) in [6, 6.07) is 12.7. The zero-order valence-corrected chi connectivity index (χ0v) is 15.7. The van der Waals surface area contributed by atoms with Crippen LogP contribution in [-0.2, 0) is 6.42 Å². The first kappa shape index (κ1) is 19.1. The van der Waals surface area contributed by atoms with E-state index in [0.717, 1.165) is 12.0 Å². The molecule has 0 radical (unpaired) electrons. The van der Waals surface area contributed by atoms with Crippen LogP contribution in [-0.4, -0.2) is 41.9 Å². The predicted octanol–water partition coefficient (Wildman–Crippen LogP) is 2.80. The molecule has 144 valence electrons. The minimum Gasteiger partial charge on any atom is -0.493 e. The number of rotatable bonds is 8. The third-order valence-electron chi connectivity index (χ3n) is 4.00. The second-order valence-electron chi connectivity index (χ2n) is 5.87. The highest BCUT2D eigenvalue weighted by atomic mass is 16.5. The number of anilines is 2. The number of nitrogens with zero attached hydrogens (tertiary/aromatic N) is 3. The van der Waals surface area contributed by atoms with E-state index in [1.807, 2.05) is 18.2 Å². The number of ether oxygens (including phenoxy) is 2. The second-order valence-corrected chi connectivity index (χ2v) is 5.87. The molecule has 3 aromatic rings. The molecule has 0 unspecified atom stereocenters. The predicted molar refractivity (Wildman–Crippen MR) is 106 cm³/mol. The number of hydrogen-bond acceptors (Lipinski definition) is 7. The van der Waals surface area contributed by atoms with E-state index in [-0.39, 0.29) is 5.91 Å². The van der Waals surface area contributed by atoms with Gasteiger partial charge in [0.15, 0.2) is 17.3 Å².